The first-order valence-electron chi connectivity index (χ1n) is 24.7. The zero-order valence-electron chi connectivity index (χ0n) is 39.1. The molecule has 10 nitrogen and oxygen atoms in total. The normalized spacial score (nSPS) is 46.0. The molecule has 2 aromatic heterocycles. The fraction of sp³-hybridized carbons (Fsp3) is 0.840. The molecule has 0 unspecified atom stereocenters. The number of hydrogen-bond acceptors (Lipinski definition) is 9. The lowest BCUT2D eigenvalue weighted by Crippen LogP contribution is -2.58. The van der Waals surface area contributed by atoms with Crippen LogP contribution in [0.1, 0.15) is 143 Å². The number of Topliss-reactive ketones (excluding diaryl/α,β-unsaturated/α-hetero) is 2. The maximum absolute atomic E-state index is 16.5. The van der Waals surface area contributed by atoms with Crippen molar-refractivity contribution < 1.29 is 37.0 Å². The largest absolute Gasteiger partial charge is 0.390 e. The molecule has 8 fully saturated rings. The van der Waals surface area contributed by atoms with Crippen LogP contribution in [-0.2, 0) is 32.5 Å². The second kappa shape index (κ2) is 16.5. The van der Waals surface area contributed by atoms with Gasteiger partial charge in [0.25, 0.3) is 0 Å². The highest BCUT2D eigenvalue weighted by Crippen LogP contribution is 2.68. The standard InChI is InChI=1S/C25H37FN2O4S.C25H37FN2O2S/c1-23(30)10-11-25(26)16(12-23)4-5-18-19-6-7-21(24(19,2)9-8-20(18)25)22(29)15-28-14-17(13-27-28)33(3,31)32;1-23(30)10-11-25(26)16(12-23)4-5-18-19-6-7-21(24(19,2)9-8-20(18)25)22(29)15-28-14-17(31-3)13-27-28/h13-14,16,18-21,30H,4-12,15H2,1-3H3;13-14,16,18-21,30H,4-12,15H2,1-3H3/t2*16-,18+,19+,20+,21-,23-,24+,25-/m11/s1. The Kier molecular flexibility index (Phi) is 12.1. The maximum Gasteiger partial charge on any atom is 0.178 e. The Morgan fingerprint density at radius 2 is 1.11 bits per heavy atom. The quantitative estimate of drug-likeness (QED) is 0.248. The van der Waals surface area contributed by atoms with Gasteiger partial charge < -0.3 is 10.2 Å². The number of carbonyl (C=O) groups excluding carboxylic acids is 2. The number of nitrogens with zero attached hydrogens (tertiary/aromatic N) is 4. The van der Waals surface area contributed by atoms with E-state index >= 15 is 8.78 Å². The van der Waals surface area contributed by atoms with Crippen molar-refractivity contribution in [2.24, 2.45) is 70.0 Å². The number of carbonyl (C=O) groups is 2. The van der Waals surface area contributed by atoms with Crippen molar-refractivity contribution in [3.63, 3.8) is 0 Å². The number of thioether (sulfide) groups is 1. The first-order chi connectivity index (χ1) is 30.0. The van der Waals surface area contributed by atoms with Crippen LogP contribution in [0.4, 0.5) is 8.78 Å². The molecule has 14 heteroatoms. The summed E-state index contributed by atoms with van der Waals surface area (Å²) in [7, 11) is -3.35. The number of halogens is 2. The molecule has 8 aliphatic rings. The molecule has 2 N–H and O–H groups in total. The first kappa shape index (κ1) is 46.9. The van der Waals surface area contributed by atoms with Crippen LogP contribution in [0.15, 0.2) is 34.6 Å². The van der Waals surface area contributed by atoms with Crippen LogP contribution in [0.2, 0.25) is 0 Å². The van der Waals surface area contributed by atoms with E-state index in [0.717, 1.165) is 88.2 Å². The molecule has 8 aliphatic carbocycles. The van der Waals surface area contributed by atoms with E-state index < -0.39 is 32.4 Å². The number of sulfone groups is 1. The molecule has 64 heavy (non-hydrogen) atoms. The molecule has 2 heterocycles. The highest BCUT2D eigenvalue weighted by atomic mass is 32.2. The lowest BCUT2D eigenvalue weighted by atomic mass is 9.48. The smallest absolute Gasteiger partial charge is 0.178 e. The lowest BCUT2D eigenvalue weighted by molar-refractivity contribution is -0.166. The predicted molar refractivity (Wildman–Crippen MR) is 243 cm³/mol. The van der Waals surface area contributed by atoms with Gasteiger partial charge in [-0.2, -0.15) is 10.2 Å². The number of hydrogen-bond donors (Lipinski definition) is 2. The molecule has 2 aromatic rings. The summed E-state index contributed by atoms with van der Waals surface area (Å²) in [5, 5.41) is 29.5. The summed E-state index contributed by atoms with van der Waals surface area (Å²) in [4.78, 5) is 27.9. The summed E-state index contributed by atoms with van der Waals surface area (Å²) >= 11 is 1.64. The van der Waals surface area contributed by atoms with E-state index in [1.54, 1.807) is 16.4 Å². The SMILES string of the molecule is CSc1cnn(CC(=O)[C@H]2CC[C@H]3[C@@H]4CC[C@@H]5C[C@](C)(O)CC[C@]5(F)[C@H]4CC[C@]23C)c1.C[C@@]1(O)CC[C@@]2(F)[C@H](CC[C@H]3[C@@H]4CC[C@H](C(=O)Cn5cc(S(C)(=O)=O)cn5)[C@@]4(C)CC[C@@H]32)C1. The zero-order valence-corrected chi connectivity index (χ0v) is 40.7. The lowest BCUT2D eigenvalue weighted by Gasteiger charge is -2.59. The highest BCUT2D eigenvalue weighted by Gasteiger charge is 2.65. The average Bonchev–Trinajstić information content (AvgIpc) is 4.03. The number of rotatable bonds is 8. The van der Waals surface area contributed by atoms with E-state index in [9.17, 15) is 28.2 Å². The summed E-state index contributed by atoms with van der Waals surface area (Å²) in [5.74, 6) is 2.03. The molecular weight excluding hydrogens is 855 g/mol. The Hall–Kier alpha value is -2.16. The van der Waals surface area contributed by atoms with Gasteiger partial charge in [0.1, 0.15) is 16.2 Å². The van der Waals surface area contributed by atoms with Gasteiger partial charge in [-0.3, -0.25) is 19.0 Å². The van der Waals surface area contributed by atoms with Crippen molar-refractivity contribution in [3.05, 3.63) is 24.8 Å². The van der Waals surface area contributed by atoms with Gasteiger partial charge >= 0.3 is 0 Å². The van der Waals surface area contributed by atoms with E-state index in [0.29, 0.717) is 74.5 Å². The zero-order chi connectivity index (χ0) is 45.8. The molecule has 0 aliphatic heterocycles. The van der Waals surface area contributed by atoms with Crippen molar-refractivity contribution in [2.45, 2.75) is 189 Å². The van der Waals surface area contributed by atoms with Crippen molar-refractivity contribution in [1.82, 2.24) is 19.6 Å². The highest BCUT2D eigenvalue weighted by molar-refractivity contribution is 7.98. The third-order valence-corrected chi connectivity index (χ3v) is 21.7. The van der Waals surface area contributed by atoms with Gasteiger partial charge in [-0.1, -0.05) is 13.8 Å². The monoisotopic (exact) mass is 929 g/mol. The molecule has 0 radical (unpaired) electrons. The fourth-order valence-electron chi connectivity index (χ4n) is 16.7. The number of alkyl halides is 2. The van der Waals surface area contributed by atoms with Crippen LogP contribution in [-0.4, -0.2) is 84.8 Å². The van der Waals surface area contributed by atoms with Crippen LogP contribution in [0.5, 0.6) is 0 Å². The number of fused-ring (bicyclic) bond motifs is 10. The molecular formula is C50H74F2N4O6S2. The van der Waals surface area contributed by atoms with Gasteiger partial charge in [-0.05, 0) is 194 Å². The van der Waals surface area contributed by atoms with Crippen molar-refractivity contribution in [3.8, 4) is 0 Å². The third kappa shape index (κ3) is 8.11. The van der Waals surface area contributed by atoms with Gasteiger partial charge in [0.05, 0.1) is 36.7 Å². The molecule has 10 rings (SSSR count). The Labute approximate surface area is 384 Å². The van der Waals surface area contributed by atoms with Crippen LogP contribution < -0.4 is 0 Å². The van der Waals surface area contributed by atoms with Crippen LogP contribution >= 0.6 is 11.8 Å². The average molecular weight is 929 g/mol. The van der Waals surface area contributed by atoms with Crippen LogP contribution in [0.25, 0.3) is 0 Å². The van der Waals surface area contributed by atoms with Gasteiger partial charge in [0.2, 0.25) is 0 Å². The van der Waals surface area contributed by atoms with Gasteiger partial charge in [-0.15, -0.1) is 11.8 Å². The first-order valence-corrected chi connectivity index (χ1v) is 27.8. The van der Waals surface area contributed by atoms with Gasteiger partial charge in [0, 0.05) is 35.4 Å². The van der Waals surface area contributed by atoms with E-state index in [4.69, 9.17) is 0 Å². The van der Waals surface area contributed by atoms with Crippen LogP contribution in [0.3, 0.4) is 0 Å². The fourth-order valence-corrected chi connectivity index (χ4v) is 17.6. The Bertz CT molecular complexity index is 2210. The molecule has 0 saturated heterocycles. The van der Waals surface area contributed by atoms with Crippen molar-refractivity contribution in [1.29, 1.82) is 0 Å². The Morgan fingerprint density at radius 3 is 1.53 bits per heavy atom. The van der Waals surface area contributed by atoms with Crippen molar-refractivity contribution in [2.75, 3.05) is 12.5 Å². The number of aliphatic hydroxyl groups is 2. The molecule has 0 bridgehead atoms. The molecule has 356 valence electrons. The Balaban J connectivity index is 0.000000162. The summed E-state index contributed by atoms with van der Waals surface area (Å²) in [6.07, 6.45) is 24.0. The number of ketones is 2. The van der Waals surface area contributed by atoms with Gasteiger partial charge in [0.15, 0.2) is 21.4 Å². The molecule has 16 atom stereocenters. The van der Waals surface area contributed by atoms with Gasteiger partial charge in [-0.25, -0.2) is 17.2 Å². The molecule has 0 aromatic carbocycles. The second-order valence-corrected chi connectivity index (χ2v) is 26.5. The summed E-state index contributed by atoms with van der Waals surface area (Å²) in [6.45, 7) is 8.72. The van der Waals surface area contributed by atoms with E-state index in [2.05, 4.69) is 24.0 Å². The molecule has 0 amide bonds. The van der Waals surface area contributed by atoms with E-state index in [1.807, 2.05) is 32.5 Å². The van der Waals surface area contributed by atoms with Crippen LogP contribution in [0, 0.1) is 70.0 Å². The topological polar surface area (TPSA) is 144 Å². The number of aromatic nitrogens is 4. The minimum absolute atomic E-state index is 0.00288. The summed E-state index contributed by atoms with van der Waals surface area (Å²) < 4.78 is 59.7. The summed E-state index contributed by atoms with van der Waals surface area (Å²) in [6, 6.07) is 0. The minimum Gasteiger partial charge on any atom is -0.390 e. The van der Waals surface area contributed by atoms with E-state index in [1.165, 1.54) is 17.1 Å². The third-order valence-electron chi connectivity index (χ3n) is 19.9. The summed E-state index contributed by atoms with van der Waals surface area (Å²) in [5.41, 5.74) is -3.87. The predicted octanol–water partition coefficient (Wildman–Crippen LogP) is 9.25. The molecule has 0 spiro atoms. The minimum atomic E-state index is -3.35. The van der Waals surface area contributed by atoms with Crippen molar-refractivity contribution >= 4 is 33.2 Å². The molecule has 8 saturated carbocycles. The second-order valence-electron chi connectivity index (χ2n) is 23.6. The Morgan fingerprint density at radius 1 is 0.656 bits per heavy atom. The maximum atomic E-state index is 16.5. The van der Waals surface area contributed by atoms with E-state index in [-0.39, 0.29) is 63.6 Å².